The largest absolute Gasteiger partial charge is 0.492 e. The second-order valence-corrected chi connectivity index (χ2v) is 8.52. The van der Waals surface area contributed by atoms with Crippen LogP contribution in [0.2, 0.25) is 0 Å². The van der Waals surface area contributed by atoms with Crippen LogP contribution in [-0.4, -0.2) is 59.3 Å². The molecule has 1 amide bonds. The number of likely N-dealkylation sites (N-methyl/N-ethyl adjacent to an activating group) is 1. The van der Waals surface area contributed by atoms with E-state index in [0.29, 0.717) is 24.5 Å². The summed E-state index contributed by atoms with van der Waals surface area (Å²) in [5, 5.41) is 19.9. The van der Waals surface area contributed by atoms with E-state index in [9.17, 15) is 10.1 Å². The molecule has 0 unspecified atom stereocenters. The second kappa shape index (κ2) is 9.46. The zero-order valence-electron chi connectivity index (χ0n) is 19.3. The Hall–Kier alpha value is -3.64. The molecule has 0 atom stereocenters. The molecule has 3 aromatic rings. The summed E-state index contributed by atoms with van der Waals surface area (Å²) in [7, 11) is 1.77. The Morgan fingerprint density at radius 1 is 1.30 bits per heavy atom. The molecule has 0 aromatic carbocycles. The lowest BCUT2D eigenvalue weighted by Crippen LogP contribution is -2.55. The highest BCUT2D eigenvalue weighted by atomic mass is 16.5. The van der Waals surface area contributed by atoms with Crippen LogP contribution in [0, 0.1) is 11.3 Å². The van der Waals surface area contributed by atoms with E-state index in [1.54, 1.807) is 24.0 Å². The molecule has 1 fully saturated rings. The van der Waals surface area contributed by atoms with Crippen molar-refractivity contribution < 1.29 is 9.53 Å². The number of hydrogen-bond acceptors (Lipinski definition) is 7. The third-order valence-corrected chi connectivity index (χ3v) is 6.05. The molecule has 4 rings (SSSR count). The van der Waals surface area contributed by atoms with E-state index < -0.39 is 0 Å². The molecule has 33 heavy (non-hydrogen) atoms. The van der Waals surface area contributed by atoms with E-state index in [-0.39, 0.29) is 11.4 Å². The predicted octanol–water partition coefficient (Wildman–Crippen LogP) is 2.36. The molecule has 9 heteroatoms. The average Bonchev–Trinajstić information content (AvgIpc) is 3.22. The lowest BCUT2D eigenvalue weighted by atomic mass is 9.89. The van der Waals surface area contributed by atoms with Crippen LogP contribution in [-0.2, 0) is 4.79 Å². The summed E-state index contributed by atoms with van der Waals surface area (Å²) in [6, 6.07) is 8.17. The van der Waals surface area contributed by atoms with Gasteiger partial charge in [-0.05, 0) is 51.9 Å². The quantitative estimate of drug-likeness (QED) is 0.572. The van der Waals surface area contributed by atoms with Gasteiger partial charge < -0.3 is 20.3 Å². The van der Waals surface area contributed by atoms with E-state index in [2.05, 4.69) is 33.6 Å². The van der Waals surface area contributed by atoms with Gasteiger partial charge in [-0.2, -0.15) is 10.4 Å². The highest BCUT2D eigenvalue weighted by Crippen LogP contribution is 2.32. The second-order valence-electron chi connectivity index (χ2n) is 8.52. The summed E-state index contributed by atoms with van der Waals surface area (Å²) >= 11 is 0. The first-order valence-corrected chi connectivity index (χ1v) is 11.2. The number of carbonyl (C=O) groups is 1. The van der Waals surface area contributed by atoms with Crippen LogP contribution >= 0.6 is 0 Å². The standard InChI is InChI=1S/C24H29N7O2/c1-4-33-19-11-20(23-18(12-25)14-28-31(23)16-19)17-5-6-21(27-13-17)30-9-7-24(2,8-10-30)29-22(32)15-26-3/h5-6,11,13-14,16,26H,4,7-10,15H2,1-3H3,(H,29,32). The van der Waals surface area contributed by atoms with Crippen molar-refractivity contribution >= 4 is 17.2 Å². The van der Waals surface area contributed by atoms with Crippen LogP contribution in [0.3, 0.4) is 0 Å². The van der Waals surface area contributed by atoms with Crippen molar-refractivity contribution in [3.05, 3.63) is 42.4 Å². The molecule has 172 valence electrons. The summed E-state index contributed by atoms with van der Waals surface area (Å²) in [6.07, 6.45) is 6.88. The van der Waals surface area contributed by atoms with Crippen LogP contribution in [0.15, 0.2) is 36.8 Å². The Bertz CT molecular complexity index is 1170. The van der Waals surface area contributed by atoms with E-state index in [0.717, 1.165) is 48.4 Å². The molecule has 2 N–H and O–H groups in total. The number of ether oxygens (including phenoxy) is 1. The number of nitrogens with zero attached hydrogens (tertiary/aromatic N) is 5. The molecule has 0 spiro atoms. The highest BCUT2D eigenvalue weighted by molar-refractivity contribution is 5.85. The predicted molar refractivity (Wildman–Crippen MR) is 126 cm³/mol. The zero-order chi connectivity index (χ0) is 23.4. The first kappa shape index (κ1) is 22.6. The fraction of sp³-hybridized carbons (Fsp3) is 0.417. The monoisotopic (exact) mass is 447 g/mol. The summed E-state index contributed by atoms with van der Waals surface area (Å²) in [5.74, 6) is 1.61. The van der Waals surface area contributed by atoms with Gasteiger partial charge in [0.1, 0.15) is 17.6 Å². The third kappa shape index (κ3) is 4.76. The lowest BCUT2D eigenvalue weighted by molar-refractivity contribution is -0.122. The Labute approximate surface area is 193 Å². The van der Waals surface area contributed by atoms with Gasteiger partial charge in [-0.25, -0.2) is 9.50 Å². The molecule has 0 aliphatic carbocycles. The number of nitriles is 1. The van der Waals surface area contributed by atoms with Crippen molar-refractivity contribution in [3.8, 4) is 22.9 Å². The van der Waals surface area contributed by atoms with Crippen LogP contribution in [0.4, 0.5) is 5.82 Å². The number of carbonyl (C=O) groups excluding carboxylic acids is 1. The number of aromatic nitrogens is 3. The van der Waals surface area contributed by atoms with Gasteiger partial charge in [-0.15, -0.1) is 0 Å². The number of hydrogen-bond donors (Lipinski definition) is 2. The van der Waals surface area contributed by atoms with Crippen molar-refractivity contribution in [3.63, 3.8) is 0 Å². The zero-order valence-corrected chi connectivity index (χ0v) is 19.3. The first-order valence-electron chi connectivity index (χ1n) is 11.2. The fourth-order valence-corrected chi connectivity index (χ4v) is 4.27. The van der Waals surface area contributed by atoms with Crippen LogP contribution in [0.5, 0.6) is 5.75 Å². The molecule has 0 saturated carbocycles. The average molecular weight is 448 g/mol. The van der Waals surface area contributed by atoms with Gasteiger partial charge >= 0.3 is 0 Å². The van der Waals surface area contributed by atoms with Gasteiger partial charge in [0.05, 0.1) is 36.6 Å². The van der Waals surface area contributed by atoms with Gasteiger partial charge in [0.2, 0.25) is 5.91 Å². The van der Waals surface area contributed by atoms with Crippen molar-refractivity contribution in [2.24, 2.45) is 0 Å². The van der Waals surface area contributed by atoms with Crippen molar-refractivity contribution in [1.82, 2.24) is 25.2 Å². The Morgan fingerprint density at radius 2 is 2.09 bits per heavy atom. The maximum atomic E-state index is 12.0. The summed E-state index contributed by atoms with van der Waals surface area (Å²) in [6.45, 7) is 6.52. The molecule has 1 aliphatic heterocycles. The van der Waals surface area contributed by atoms with Gasteiger partial charge in [0.15, 0.2) is 0 Å². The molecule has 0 bridgehead atoms. The van der Waals surface area contributed by atoms with E-state index in [1.165, 1.54) is 0 Å². The number of amides is 1. The third-order valence-electron chi connectivity index (χ3n) is 6.05. The Kier molecular flexibility index (Phi) is 6.47. The van der Waals surface area contributed by atoms with Gasteiger partial charge in [-0.1, -0.05) is 0 Å². The molecule has 1 saturated heterocycles. The van der Waals surface area contributed by atoms with Crippen LogP contribution < -0.4 is 20.3 Å². The number of anilines is 1. The lowest BCUT2D eigenvalue weighted by Gasteiger charge is -2.40. The molecule has 3 aromatic heterocycles. The maximum absolute atomic E-state index is 12.0. The first-order chi connectivity index (χ1) is 16.0. The van der Waals surface area contributed by atoms with Gasteiger partial charge in [-0.3, -0.25) is 4.79 Å². The minimum Gasteiger partial charge on any atom is -0.492 e. The van der Waals surface area contributed by atoms with Crippen molar-refractivity contribution in [1.29, 1.82) is 5.26 Å². The van der Waals surface area contributed by atoms with Crippen molar-refractivity contribution in [2.75, 3.05) is 38.2 Å². The SMILES string of the molecule is CCOc1cc(-c2ccc(N3CCC(C)(NC(=O)CNC)CC3)nc2)c2c(C#N)cnn2c1. The Morgan fingerprint density at radius 3 is 2.73 bits per heavy atom. The number of nitrogens with one attached hydrogen (secondary N) is 2. The molecule has 1 aliphatic rings. The van der Waals surface area contributed by atoms with Gasteiger partial charge in [0.25, 0.3) is 0 Å². The van der Waals surface area contributed by atoms with Crippen LogP contribution in [0.25, 0.3) is 16.6 Å². The minimum absolute atomic E-state index is 0.0214. The number of piperidine rings is 1. The minimum atomic E-state index is -0.203. The molecule has 4 heterocycles. The van der Waals surface area contributed by atoms with Crippen LogP contribution in [0.1, 0.15) is 32.3 Å². The smallest absolute Gasteiger partial charge is 0.234 e. The Balaban J connectivity index is 1.54. The molecular formula is C24H29N7O2. The topological polar surface area (TPSA) is 108 Å². The summed E-state index contributed by atoms with van der Waals surface area (Å²) in [5.41, 5.74) is 2.79. The van der Waals surface area contributed by atoms with E-state index in [4.69, 9.17) is 9.72 Å². The van der Waals surface area contributed by atoms with Gasteiger partial charge in [0, 0.05) is 36.0 Å². The summed E-state index contributed by atoms with van der Waals surface area (Å²) < 4.78 is 7.38. The fourth-order valence-electron chi connectivity index (χ4n) is 4.27. The van der Waals surface area contributed by atoms with E-state index >= 15 is 0 Å². The maximum Gasteiger partial charge on any atom is 0.234 e. The highest BCUT2D eigenvalue weighted by Gasteiger charge is 2.31. The molecule has 9 nitrogen and oxygen atoms in total. The number of pyridine rings is 2. The summed E-state index contributed by atoms with van der Waals surface area (Å²) in [4.78, 5) is 18.9. The molecule has 0 radical (unpaired) electrons. The number of fused-ring (bicyclic) bond motifs is 1. The van der Waals surface area contributed by atoms with E-state index in [1.807, 2.05) is 31.3 Å². The normalized spacial score (nSPS) is 15.3. The van der Waals surface area contributed by atoms with Crippen molar-refractivity contribution in [2.45, 2.75) is 32.2 Å². The molecular weight excluding hydrogens is 418 g/mol. The number of rotatable bonds is 7.